The van der Waals surface area contributed by atoms with Crippen LogP contribution in [0.25, 0.3) is 5.65 Å². The highest BCUT2D eigenvalue weighted by Crippen LogP contribution is 2.34. The van der Waals surface area contributed by atoms with Crippen molar-refractivity contribution in [2.24, 2.45) is 0 Å². The maximum Gasteiger partial charge on any atom is 0.271 e. The number of hydrogen-bond donors (Lipinski definition) is 1. The van der Waals surface area contributed by atoms with Crippen LogP contribution in [0.3, 0.4) is 0 Å². The highest BCUT2D eigenvalue weighted by atomic mass is 16.1. The number of pyridine rings is 1. The summed E-state index contributed by atoms with van der Waals surface area (Å²) in [5, 5.41) is 3.12. The third-order valence-electron chi connectivity index (χ3n) is 3.66. The molecule has 1 saturated carbocycles. The van der Waals surface area contributed by atoms with Crippen LogP contribution in [0.1, 0.15) is 56.3 Å². The van der Waals surface area contributed by atoms with E-state index in [4.69, 9.17) is 0 Å². The Balaban J connectivity index is 2.14. The Labute approximate surface area is 99.7 Å². The summed E-state index contributed by atoms with van der Waals surface area (Å²) in [6.07, 6.45) is 3.64. The van der Waals surface area contributed by atoms with E-state index in [9.17, 15) is 4.79 Å². The van der Waals surface area contributed by atoms with Gasteiger partial charge in [0, 0.05) is 12.0 Å². The molecule has 4 nitrogen and oxygen atoms in total. The molecule has 4 heteroatoms. The summed E-state index contributed by atoms with van der Waals surface area (Å²) in [6, 6.07) is 3.70. The van der Waals surface area contributed by atoms with Crippen molar-refractivity contribution in [3.8, 4) is 0 Å². The summed E-state index contributed by atoms with van der Waals surface area (Å²) in [5.41, 5.74) is 1.80. The summed E-state index contributed by atoms with van der Waals surface area (Å²) in [6.45, 7) is 4.18. The van der Waals surface area contributed by atoms with Gasteiger partial charge in [0.1, 0.15) is 5.82 Å². The van der Waals surface area contributed by atoms with Gasteiger partial charge < -0.3 is 0 Å². The Hall–Kier alpha value is -1.58. The second kappa shape index (κ2) is 3.72. The predicted molar refractivity (Wildman–Crippen MR) is 66.5 cm³/mol. The van der Waals surface area contributed by atoms with Gasteiger partial charge in [-0.05, 0) is 30.4 Å². The highest BCUT2D eigenvalue weighted by Gasteiger charge is 2.23. The van der Waals surface area contributed by atoms with Gasteiger partial charge in [0.25, 0.3) is 5.56 Å². The second-order valence-corrected chi connectivity index (χ2v) is 5.21. The molecule has 0 spiro atoms. The first-order chi connectivity index (χ1) is 8.15. The molecular formula is C13H17N3O. The molecule has 1 aliphatic carbocycles. The fourth-order valence-electron chi connectivity index (χ4n) is 2.23. The van der Waals surface area contributed by atoms with Crippen LogP contribution in [0.4, 0.5) is 0 Å². The zero-order valence-electron chi connectivity index (χ0n) is 10.2. The quantitative estimate of drug-likeness (QED) is 0.862. The molecule has 1 aliphatic rings. The van der Waals surface area contributed by atoms with Crippen LogP contribution >= 0.6 is 0 Å². The molecule has 2 aromatic rings. The van der Waals surface area contributed by atoms with Crippen molar-refractivity contribution < 1.29 is 0 Å². The van der Waals surface area contributed by atoms with E-state index in [1.54, 1.807) is 10.6 Å². The summed E-state index contributed by atoms with van der Waals surface area (Å²) < 4.78 is 1.56. The van der Waals surface area contributed by atoms with Gasteiger partial charge in [0.05, 0.1) is 0 Å². The van der Waals surface area contributed by atoms with E-state index in [1.165, 1.54) is 19.3 Å². The molecule has 0 unspecified atom stereocenters. The van der Waals surface area contributed by atoms with Crippen molar-refractivity contribution in [3.05, 3.63) is 33.9 Å². The Morgan fingerprint density at radius 2 is 2.18 bits per heavy atom. The molecule has 0 bridgehead atoms. The number of aromatic nitrogens is 3. The van der Waals surface area contributed by atoms with Crippen LogP contribution in [0, 0.1) is 0 Å². The molecule has 90 valence electrons. The van der Waals surface area contributed by atoms with Gasteiger partial charge in [0.15, 0.2) is 5.65 Å². The van der Waals surface area contributed by atoms with E-state index in [1.807, 2.05) is 6.07 Å². The molecule has 0 atom stereocenters. The average molecular weight is 231 g/mol. The summed E-state index contributed by atoms with van der Waals surface area (Å²) in [5.74, 6) is 1.85. The largest absolute Gasteiger partial charge is 0.276 e. The highest BCUT2D eigenvalue weighted by molar-refractivity contribution is 5.42. The van der Waals surface area contributed by atoms with Gasteiger partial charge in [-0.25, -0.2) is 9.50 Å². The zero-order valence-corrected chi connectivity index (χ0v) is 10.2. The van der Waals surface area contributed by atoms with Crippen LogP contribution < -0.4 is 5.56 Å². The van der Waals surface area contributed by atoms with Crippen LogP contribution in [-0.2, 0) is 0 Å². The summed E-state index contributed by atoms with van der Waals surface area (Å²) in [4.78, 5) is 16.5. The molecule has 0 aromatic carbocycles. The van der Waals surface area contributed by atoms with Crippen molar-refractivity contribution in [1.82, 2.24) is 14.6 Å². The normalized spacial score (nSPS) is 16.6. The standard InChI is InChI=1S/C13H17N3O/c1-8(2)10-6-11-14-13(9-4-3-5-9)15-16(11)12(17)7-10/h6-9H,3-5H2,1-2H3,(H,14,15). The van der Waals surface area contributed by atoms with Gasteiger partial charge >= 0.3 is 0 Å². The maximum atomic E-state index is 11.9. The van der Waals surface area contributed by atoms with E-state index >= 15 is 0 Å². The topological polar surface area (TPSA) is 50.2 Å². The van der Waals surface area contributed by atoms with E-state index in [0.29, 0.717) is 11.8 Å². The van der Waals surface area contributed by atoms with Crippen molar-refractivity contribution >= 4 is 5.65 Å². The van der Waals surface area contributed by atoms with Crippen molar-refractivity contribution in [2.75, 3.05) is 0 Å². The zero-order chi connectivity index (χ0) is 12.0. The van der Waals surface area contributed by atoms with E-state index in [0.717, 1.165) is 17.0 Å². The Bertz CT molecular complexity index is 605. The fraction of sp³-hybridized carbons (Fsp3) is 0.538. The molecular weight excluding hydrogens is 214 g/mol. The predicted octanol–water partition coefficient (Wildman–Crippen LogP) is 2.41. The van der Waals surface area contributed by atoms with Gasteiger partial charge in [0.2, 0.25) is 0 Å². The lowest BCUT2D eigenvalue weighted by Gasteiger charge is -2.22. The van der Waals surface area contributed by atoms with Crippen molar-refractivity contribution in [2.45, 2.75) is 44.9 Å². The molecule has 0 radical (unpaired) electrons. The third kappa shape index (κ3) is 1.68. The lowest BCUT2D eigenvalue weighted by atomic mass is 9.85. The molecule has 1 N–H and O–H groups in total. The van der Waals surface area contributed by atoms with E-state index in [2.05, 4.69) is 23.9 Å². The number of fused-ring (bicyclic) bond motifs is 1. The van der Waals surface area contributed by atoms with Gasteiger partial charge in [-0.3, -0.25) is 9.89 Å². The first-order valence-electron chi connectivity index (χ1n) is 6.28. The van der Waals surface area contributed by atoms with Gasteiger partial charge in [-0.1, -0.05) is 20.3 Å². The SMILES string of the molecule is CC(C)c1cc(=O)n2[nH]c(C3CCC3)nc2c1. The smallest absolute Gasteiger partial charge is 0.271 e. The number of nitrogens with one attached hydrogen (secondary N) is 1. The Kier molecular flexibility index (Phi) is 2.31. The van der Waals surface area contributed by atoms with E-state index < -0.39 is 0 Å². The van der Waals surface area contributed by atoms with E-state index in [-0.39, 0.29) is 5.56 Å². The summed E-state index contributed by atoms with van der Waals surface area (Å²) in [7, 11) is 0. The molecule has 3 rings (SSSR count). The summed E-state index contributed by atoms with van der Waals surface area (Å²) >= 11 is 0. The number of rotatable bonds is 2. The van der Waals surface area contributed by atoms with Crippen LogP contribution in [-0.4, -0.2) is 14.6 Å². The average Bonchev–Trinajstić information content (AvgIpc) is 2.58. The number of nitrogens with zero attached hydrogens (tertiary/aromatic N) is 2. The number of hydrogen-bond acceptors (Lipinski definition) is 2. The monoisotopic (exact) mass is 231 g/mol. The van der Waals surface area contributed by atoms with Crippen LogP contribution in [0.15, 0.2) is 16.9 Å². The number of H-pyrrole nitrogens is 1. The first kappa shape index (κ1) is 10.6. The first-order valence-corrected chi connectivity index (χ1v) is 6.28. The number of aromatic amines is 1. The third-order valence-corrected chi connectivity index (χ3v) is 3.66. The molecule has 0 saturated heterocycles. The minimum atomic E-state index is -0.00993. The minimum Gasteiger partial charge on any atom is -0.276 e. The Morgan fingerprint density at radius 3 is 2.76 bits per heavy atom. The maximum absolute atomic E-state index is 11.9. The van der Waals surface area contributed by atoms with Gasteiger partial charge in [-0.15, -0.1) is 0 Å². The molecule has 2 heterocycles. The molecule has 0 aliphatic heterocycles. The fourth-order valence-corrected chi connectivity index (χ4v) is 2.23. The van der Waals surface area contributed by atoms with Crippen molar-refractivity contribution in [3.63, 3.8) is 0 Å². The molecule has 2 aromatic heterocycles. The van der Waals surface area contributed by atoms with Crippen molar-refractivity contribution in [1.29, 1.82) is 0 Å². The van der Waals surface area contributed by atoms with Crippen LogP contribution in [0.2, 0.25) is 0 Å². The minimum absolute atomic E-state index is 0.00993. The van der Waals surface area contributed by atoms with Crippen LogP contribution in [0.5, 0.6) is 0 Å². The molecule has 0 amide bonds. The molecule has 1 fully saturated rings. The lowest BCUT2D eigenvalue weighted by Crippen LogP contribution is -2.15. The second-order valence-electron chi connectivity index (χ2n) is 5.21. The Morgan fingerprint density at radius 1 is 1.41 bits per heavy atom. The lowest BCUT2D eigenvalue weighted by molar-refractivity contribution is 0.401. The van der Waals surface area contributed by atoms with Gasteiger partial charge in [-0.2, -0.15) is 0 Å². The molecule has 17 heavy (non-hydrogen) atoms.